The van der Waals surface area contributed by atoms with Gasteiger partial charge in [-0.2, -0.15) is 0 Å². The van der Waals surface area contributed by atoms with E-state index < -0.39 is 10.0 Å². The molecule has 0 unspecified atom stereocenters. The molecule has 0 fully saturated rings. The van der Waals surface area contributed by atoms with Crippen molar-refractivity contribution in [2.45, 2.75) is 6.42 Å². The Balaban J connectivity index is 3.17. The van der Waals surface area contributed by atoms with Gasteiger partial charge in [-0.25, -0.2) is 13.1 Å². The summed E-state index contributed by atoms with van der Waals surface area (Å²) in [7, 11) is -3.01. The molecule has 0 aliphatic rings. The highest BCUT2D eigenvalue weighted by atomic mass is 32.2. The predicted octanol–water partition coefficient (Wildman–Crippen LogP) is -0.299. The molecule has 0 aromatic heterocycles. The van der Waals surface area contributed by atoms with Gasteiger partial charge >= 0.3 is 0 Å². The molecule has 0 saturated heterocycles. The van der Waals surface area contributed by atoms with Crippen molar-refractivity contribution in [2.75, 3.05) is 25.9 Å². The van der Waals surface area contributed by atoms with Gasteiger partial charge in [0.15, 0.2) is 0 Å². The molecule has 0 rings (SSSR count). The van der Waals surface area contributed by atoms with Crippen molar-refractivity contribution in [1.82, 2.24) is 10.0 Å². The number of rotatable bonds is 7. The van der Waals surface area contributed by atoms with Gasteiger partial charge in [0.2, 0.25) is 10.0 Å². The summed E-state index contributed by atoms with van der Waals surface area (Å²) in [4.78, 5) is 0. The van der Waals surface area contributed by atoms with E-state index in [1.807, 2.05) is 0 Å². The Morgan fingerprint density at radius 1 is 1.42 bits per heavy atom. The first-order valence-electron chi connectivity index (χ1n) is 3.82. The summed E-state index contributed by atoms with van der Waals surface area (Å²) in [6.07, 6.45) is 3.72. The van der Waals surface area contributed by atoms with E-state index in [0.717, 1.165) is 25.8 Å². The molecule has 0 amide bonds. The van der Waals surface area contributed by atoms with E-state index in [1.165, 1.54) is 0 Å². The molecular formula is C7H16N2O2S. The molecule has 0 heterocycles. The predicted molar refractivity (Wildman–Crippen MR) is 50.5 cm³/mol. The molecule has 0 aliphatic heterocycles. The fourth-order valence-electron chi connectivity index (χ4n) is 0.675. The quantitative estimate of drug-likeness (QED) is 0.430. The van der Waals surface area contributed by atoms with E-state index in [-0.39, 0.29) is 0 Å². The van der Waals surface area contributed by atoms with Crippen LogP contribution in [0, 0.1) is 0 Å². The molecule has 0 spiro atoms. The SMILES string of the molecule is C=CCNCCCNS(C)(=O)=O. The van der Waals surface area contributed by atoms with E-state index in [1.54, 1.807) is 6.08 Å². The van der Waals surface area contributed by atoms with Crippen molar-refractivity contribution >= 4 is 10.0 Å². The summed E-state index contributed by atoms with van der Waals surface area (Å²) < 4.78 is 23.6. The number of nitrogens with one attached hydrogen (secondary N) is 2. The summed E-state index contributed by atoms with van der Waals surface area (Å²) in [5, 5.41) is 3.07. The minimum atomic E-state index is -3.01. The first kappa shape index (κ1) is 11.6. The zero-order valence-electron chi connectivity index (χ0n) is 7.34. The molecule has 12 heavy (non-hydrogen) atoms. The highest BCUT2D eigenvalue weighted by Crippen LogP contribution is 1.77. The van der Waals surface area contributed by atoms with E-state index in [2.05, 4.69) is 16.6 Å². The zero-order valence-corrected chi connectivity index (χ0v) is 8.15. The molecule has 4 nitrogen and oxygen atoms in total. The van der Waals surface area contributed by atoms with Gasteiger partial charge in [0.25, 0.3) is 0 Å². The van der Waals surface area contributed by atoms with Gasteiger partial charge in [0.1, 0.15) is 0 Å². The van der Waals surface area contributed by atoms with E-state index >= 15 is 0 Å². The van der Waals surface area contributed by atoms with Gasteiger partial charge in [-0.05, 0) is 13.0 Å². The van der Waals surface area contributed by atoms with Crippen LogP contribution in [0.25, 0.3) is 0 Å². The lowest BCUT2D eigenvalue weighted by Crippen LogP contribution is -2.26. The van der Waals surface area contributed by atoms with Crippen LogP contribution in [-0.4, -0.2) is 34.3 Å². The topological polar surface area (TPSA) is 58.2 Å². The van der Waals surface area contributed by atoms with Crippen LogP contribution in [-0.2, 0) is 10.0 Å². The van der Waals surface area contributed by atoms with Gasteiger partial charge in [0, 0.05) is 13.1 Å². The Bertz CT molecular complexity index is 211. The van der Waals surface area contributed by atoms with Crippen molar-refractivity contribution in [2.24, 2.45) is 0 Å². The third-order valence-electron chi connectivity index (χ3n) is 1.18. The van der Waals surface area contributed by atoms with Crippen LogP contribution < -0.4 is 10.0 Å². The third-order valence-corrected chi connectivity index (χ3v) is 1.91. The minimum Gasteiger partial charge on any atom is -0.313 e. The molecule has 0 bridgehead atoms. The maximum Gasteiger partial charge on any atom is 0.208 e. The first-order chi connectivity index (χ1) is 5.56. The summed E-state index contributed by atoms with van der Waals surface area (Å²) >= 11 is 0. The molecule has 0 aromatic carbocycles. The van der Waals surface area contributed by atoms with Gasteiger partial charge in [-0.3, -0.25) is 0 Å². The Labute approximate surface area is 74.1 Å². The standard InChI is InChI=1S/C7H16N2O2S/c1-3-5-8-6-4-7-9-12(2,10)11/h3,8-9H,1,4-7H2,2H3. The molecule has 2 N–H and O–H groups in total. The lowest BCUT2D eigenvalue weighted by molar-refractivity contribution is 0.582. The molecule has 0 atom stereocenters. The Hall–Kier alpha value is -0.390. The van der Waals surface area contributed by atoms with E-state index in [0.29, 0.717) is 6.54 Å². The smallest absolute Gasteiger partial charge is 0.208 e. The Morgan fingerprint density at radius 2 is 2.08 bits per heavy atom. The van der Waals surface area contributed by atoms with E-state index in [4.69, 9.17) is 0 Å². The average Bonchev–Trinajstić information content (AvgIpc) is 1.94. The van der Waals surface area contributed by atoms with Gasteiger partial charge in [0.05, 0.1) is 6.26 Å². The van der Waals surface area contributed by atoms with Crippen LogP contribution in [0.5, 0.6) is 0 Å². The summed E-state index contributed by atoms with van der Waals surface area (Å²) in [6.45, 7) is 5.60. The van der Waals surface area contributed by atoms with Crippen molar-refractivity contribution in [3.63, 3.8) is 0 Å². The van der Waals surface area contributed by atoms with Crippen LogP contribution in [0.2, 0.25) is 0 Å². The molecule has 5 heteroatoms. The number of sulfonamides is 1. The average molecular weight is 192 g/mol. The van der Waals surface area contributed by atoms with Gasteiger partial charge in [-0.15, -0.1) is 6.58 Å². The Kier molecular flexibility index (Phi) is 5.96. The second-order valence-corrected chi connectivity index (χ2v) is 4.35. The normalized spacial score (nSPS) is 11.4. The summed E-state index contributed by atoms with van der Waals surface area (Å²) in [5.74, 6) is 0. The van der Waals surface area contributed by atoms with Crippen LogP contribution in [0.15, 0.2) is 12.7 Å². The highest BCUT2D eigenvalue weighted by Gasteiger charge is 1.97. The first-order valence-corrected chi connectivity index (χ1v) is 5.71. The van der Waals surface area contributed by atoms with Crippen LogP contribution in [0.1, 0.15) is 6.42 Å². The zero-order chi connectivity index (χ0) is 9.45. The second kappa shape index (κ2) is 6.16. The number of hydrogen-bond donors (Lipinski definition) is 2. The van der Waals surface area contributed by atoms with Crippen LogP contribution in [0.3, 0.4) is 0 Å². The molecule has 72 valence electrons. The lowest BCUT2D eigenvalue weighted by atomic mass is 10.4. The maximum atomic E-state index is 10.6. The monoisotopic (exact) mass is 192 g/mol. The molecule has 0 saturated carbocycles. The Morgan fingerprint density at radius 3 is 2.58 bits per heavy atom. The molecule has 0 aromatic rings. The summed E-state index contributed by atoms with van der Waals surface area (Å²) in [6, 6.07) is 0. The molecule has 0 radical (unpaired) electrons. The largest absolute Gasteiger partial charge is 0.313 e. The molecular weight excluding hydrogens is 176 g/mol. The van der Waals surface area contributed by atoms with Gasteiger partial charge in [-0.1, -0.05) is 6.08 Å². The minimum absolute atomic E-state index is 0.489. The van der Waals surface area contributed by atoms with Crippen LogP contribution in [0.4, 0.5) is 0 Å². The van der Waals surface area contributed by atoms with Crippen molar-refractivity contribution < 1.29 is 8.42 Å². The van der Waals surface area contributed by atoms with Crippen molar-refractivity contribution in [3.05, 3.63) is 12.7 Å². The fourth-order valence-corrected chi connectivity index (χ4v) is 1.19. The second-order valence-electron chi connectivity index (χ2n) is 2.51. The van der Waals surface area contributed by atoms with Crippen molar-refractivity contribution in [1.29, 1.82) is 0 Å². The van der Waals surface area contributed by atoms with Gasteiger partial charge < -0.3 is 5.32 Å². The number of hydrogen-bond acceptors (Lipinski definition) is 3. The maximum absolute atomic E-state index is 10.6. The summed E-state index contributed by atoms with van der Waals surface area (Å²) in [5.41, 5.74) is 0. The fraction of sp³-hybridized carbons (Fsp3) is 0.714. The molecule has 0 aliphatic carbocycles. The highest BCUT2D eigenvalue weighted by molar-refractivity contribution is 7.88. The van der Waals surface area contributed by atoms with Crippen molar-refractivity contribution in [3.8, 4) is 0 Å². The van der Waals surface area contributed by atoms with E-state index in [9.17, 15) is 8.42 Å². The third kappa shape index (κ3) is 9.61. The van der Waals surface area contributed by atoms with Crippen LogP contribution >= 0.6 is 0 Å². The lowest BCUT2D eigenvalue weighted by Gasteiger charge is -2.02.